The smallest absolute Gasteiger partial charge is 0.280 e. The van der Waals surface area contributed by atoms with Crippen LogP contribution in [0.5, 0.6) is 5.75 Å². The van der Waals surface area contributed by atoms with Crippen molar-refractivity contribution in [3.63, 3.8) is 0 Å². The van der Waals surface area contributed by atoms with E-state index in [4.69, 9.17) is 9.72 Å². The number of hydrogen-bond acceptors (Lipinski definition) is 10. The third-order valence-electron chi connectivity index (χ3n) is 10.3. The molecule has 3 N–H and O–H groups in total. The van der Waals surface area contributed by atoms with E-state index >= 15 is 0 Å². The highest BCUT2D eigenvalue weighted by atomic mass is 16.5. The molecule has 0 bridgehead atoms. The average molecular weight is 635 g/mol. The Labute approximate surface area is 272 Å². The third-order valence-corrected chi connectivity index (χ3v) is 10.3. The minimum Gasteiger partial charge on any atom is -0.495 e. The molecule has 1 atom stereocenters. The number of nitrogens with one attached hydrogen (secondary N) is 2. The van der Waals surface area contributed by atoms with Gasteiger partial charge in [0, 0.05) is 69.9 Å². The molecule has 12 heteroatoms. The Balaban J connectivity index is 1.07. The first-order chi connectivity index (χ1) is 22.1. The number of carbonyl (C=O) groups is 2. The van der Waals surface area contributed by atoms with Gasteiger partial charge < -0.3 is 35.2 Å². The summed E-state index contributed by atoms with van der Waals surface area (Å²) in [7, 11) is 3.18. The van der Waals surface area contributed by atoms with Crippen molar-refractivity contribution >= 4 is 35.0 Å². The number of rotatable bonds is 10. The Morgan fingerprint density at radius 1 is 1.11 bits per heavy atom. The number of methoxy groups -OCH3 is 1. The summed E-state index contributed by atoms with van der Waals surface area (Å²) in [4.78, 5) is 43.9. The van der Waals surface area contributed by atoms with E-state index in [0.29, 0.717) is 34.5 Å². The molecule has 1 unspecified atom stereocenters. The van der Waals surface area contributed by atoms with Crippen molar-refractivity contribution in [3.8, 4) is 5.75 Å². The topological polar surface area (TPSA) is 126 Å². The number of benzene rings is 1. The molecule has 2 saturated carbocycles. The lowest BCUT2D eigenvalue weighted by Crippen LogP contribution is -2.65. The minimum absolute atomic E-state index is 0.105. The van der Waals surface area contributed by atoms with E-state index in [1.807, 2.05) is 13.8 Å². The zero-order chi connectivity index (χ0) is 32.6. The van der Waals surface area contributed by atoms with Crippen LogP contribution in [0.25, 0.3) is 0 Å². The maximum Gasteiger partial charge on any atom is 0.280 e. The van der Waals surface area contributed by atoms with Crippen LogP contribution in [0.3, 0.4) is 0 Å². The van der Waals surface area contributed by atoms with E-state index in [-0.39, 0.29) is 30.4 Å². The van der Waals surface area contributed by atoms with Crippen LogP contribution in [0.15, 0.2) is 24.4 Å². The van der Waals surface area contributed by atoms with E-state index in [9.17, 15) is 14.7 Å². The van der Waals surface area contributed by atoms with Crippen LogP contribution >= 0.6 is 0 Å². The Morgan fingerprint density at radius 3 is 2.46 bits per heavy atom. The SMILES string of the molecule is CCC1(O)C(=O)N(C)c2cnc(Nc3ccc(C(=O)N[C@H]4CC[C@H](N5CCN(CC6CC6)CC5)CC4)cc3OC)nc2N1C(C)C. The van der Waals surface area contributed by atoms with Gasteiger partial charge in [-0.05, 0) is 76.5 Å². The van der Waals surface area contributed by atoms with E-state index < -0.39 is 11.6 Å². The summed E-state index contributed by atoms with van der Waals surface area (Å²) < 4.78 is 5.65. The van der Waals surface area contributed by atoms with Crippen molar-refractivity contribution < 1.29 is 19.4 Å². The van der Waals surface area contributed by atoms with Crippen molar-refractivity contribution in [1.82, 2.24) is 25.1 Å². The fraction of sp³-hybridized carbons (Fsp3) is 0.647. The zero-order valence-electron chi connectivity index (χ0n) is 28.0. The lowest BCUT2D eigenvalue weighted by atomic mass is 9.89. The fourth-order valence-electron chi connectivity index (χ4n) is 7.38. The molecule has 1 aromatic heterocycles. The number of piperazine rings is 1. The highest BCUT2D eigenvalue weighted by Crippen LogP contribution is 2.41. The van der Waals surface area contributed by atoms with Crippen LogP contribution in [-0.2, 0) is 4.79 Å². The number of hydrogen-bond donors (Lipinski definition) is 3. The van der Waals surface area contributed by atoms with Crippen molar-refractivity contribution in [2.75, 3.05) is 62.0 Å². The molecule has 12 nitrogen and oxygen atoms in total. The van der Waals surface area contributed by atoms with Crippen molar-refractivity contribution in [3.05, 3.63) is 30.0 Å². The van der Waals surface area contributed by atoms with Crippen molar-refractivity contribution in [1.29, 1.82) is 0 Å². The molecular weight excluding hydrogens is 584 g/mol. The first-order valence-electron chi connectivity index (χ1n) is 17.0. The van der Waals surface area contributed by atoms with Crippen LogP contribution in [-0.4, -0.2) is 107 Å². The zero-order valence-corrected chi connectivity index (χ0v) is 28.0. The van der Waals surface area contributed by atoms with Gasteiger partial charge in [-0.25, -0.2) is 4.98 Å². The molecule has 2 aliphatic carbocycles. The third kappa shape index (κ3) is 6.52. The predicted molar refractivity (Wildman–Crippen MR) is 179 cm³/mol. The number of ether oxygens (including phenoxy) is 1. The average Bonchev–Trinajstić information content (AvgIpc) is 3.88. The second-order valence-electron chi connectivity index (χ2n) is 13.7. The molecule has 2 aromatic rings. The molecule has 46 heavy (non-hydrogen) atoms. The Morgan fingerprint density at radius 2 is 1.83 bits per heavy atom. The van der Waals surface area contributed by atoms with Gasteiger partial charge in [0.1, 0.15) is 11.4 Å². The fourth-order valence-corrected chi connectivity index (χ4v) is 7.38. The van der Waals surface area contributed by atoms with Crippen molar-refractivity contribution in [2.45, 2.75) is 89.6 Å². The molecule has 250 valence electrons. The number of nitrogens with zero attached hydrogens (tertiary/aromatic N) is 6. The van der Waals surface area contributed by atoms with E-state index in [1.54, 1.807) is 50.4 Å². The molecule has 0 spiro atoms. The summed E-state index contributed by atoms with van der Waals surface area (Å²) in [5.74, 6) is 1.66. The molecular formula is C34H50N8O4. The second-order valence-corrected chi connectivity index (χ2v) is 13.7. The van der Waals surface area contributed by atoms with Gasteiger partial charge in [0.15, 0.2) is 5.82 Å². The van der Waals surface area contributed by atoms with Crippen LogP contribution in [0.4, 0.5) is 23.1 Å². The number of fused-ring (bicyclic) bond motifs is 1. The quantitative estimate of drug-likeness (QED) is 0.357. The Kier molecular flexibility index (Phi) is 9.40. The van der Waals surface area contributed by atoms with E-state index in [0.717, 1.165) is 31.6 Å². The number of anilines is 4. The van der Waals surface area contributed by atoms with Gasteiger partial charge in [-0.1, -0.05) is 6.92 Å². The Bertz CT molecular complexity index is 1420. The monoisotopic (exact) mass is 634 g/mol. The summed E-state index contributed by atoms with van der Waals surface area (Å²) >= 11 is 0. The number of aliphatic hydroxyl groups is 1. The summed E-state index contributed by atoms with van der Waals surface area (Å²) in [6.07, 6.45) is 8.84. The van der Waals surface area contributed by atoms with Gasteiger partial charge >= 0.3 is 0 Å². The second kappa shape index (κ2) is 13.3. The summed E-state index contributed by atoms with van der Waals surface area (Å²) in [6, 6.07) is 5.88. The van der Waals surface area contributed by atoms with Gasteiger partial charge in [-0.15, -0.1) is 0 Å². The van der Waals surface area contributed by atoms with Gasteiger partial charge in [0.25, 0.3) is 11.8 Å². The lowest BCUT2D eigenvalue weighted by Gasteiger charge is -2.47. The van der Waals surface area contributed by atoms with Gasteiger partial charge in [-0.3, -0.25) is 14.5 Å². The van der Waals surface area contributed by atoms with Crippen molar-refractivity contribution in [2.24, 2.45) is 5.92 Å². The largest absolute Gasteiger partial charge is 0.495 e. The van der Waals surface area contributed by atoms with Crippen LogP contribution in [0.1, 0.15) is 76.1 Å². The number of aromatic nitrogens is 2. The van der Waals surface area contributed by atoms with Gasteiger partial charge in [0.05, 0.1) is 19.0 Å². The molecule has 2 amide bonds. The van der Waals surface area contributed by atoms with Gasteiger partial charge in [0.2, 0.25) is 11.7 Å². The van der Waals surface area contributed by atoms with Gasteiger partial charge in [-0.2, -0.15) is 4.98 Å². The number of amides is 2. The Hall–Kier alpha value is -3.48. The minimum atomic E-state index is -1.71. The lowest BCUT2D eigenvalue weighted by molar-refractivity contribution is -0.138. The highest BCUT2D eigenvalue weighted by Gasteiger charge is 2.50. The predicted octanol–water partition coefficient (Wildman–Crippen LogP) is 3.59. The highest BCUT2D eigenvalue weighted by molar-refractivity contribution is 6.06. The molecule has 4 aliphatic rings. The molecule has 6 rings (SSSR count). The molecule has 1 aromatic carbocycles. The normalized spacial score (nSPS) is 25.8. The molecule has 3 fully saturated rings. The van der Waals surface area contributed by atoms with E-state index in [1.165, 1.54) is 50.5 Å². The first-order valence-corrected chi connectivity index (χ1v) is 17.0. The summed E-state index contributed by atoms with van der Waals surface area (Å²) in [5, 5.41) is 17.8. The molecule has 3 heterocycles. The molecule has 2 aliphatic heterocycles. The maximum atomic E-state index is 13.3. The standard InChI is InChI=1S/C34H50N8O4/c1-6-34(45)32(44)39(4)28-20-35-33(38-30(28)42(34)22(2)3)37-27-14-9-24(19-29(27)46-5)31(43)36-25-10-12-26(13-11-25)41-17-15-40(16-18-41)21-23-7-8-23/h9,14,19-20,22-23,25-26,45H,6-8,10-13,15-18,21H2,1-5H3,(H,36,43)(H,35,37,38)/t25-,26-,34?. The molecule has 1 saturated heterocycles. The van der Waals surface area contributed by atoms with E-state index in [2.05, 4.69) is 25.4 Å². The van der Waals surface area contributed by atoms with Crippen LogP contribution < -0.4 is 25.2 Å². The number of carbonyl (C=O) groups excluding carboxylic acids is 2. The summed E-state index contributed by atoms with van der Waals surface area (Å²) in [6.45, 7) is 11.6. The van der Waals surface area contributed by atoms with Crippen LogP contribution in [0, 0.1) is 5.92 Å². The molecule has 0 radical (unpaired) electrons. The number of likely N-dealkylation sites (N-methyl/N-ethyl adjacent to an activating group) is 1. The maximum absolute atomic E-state index is 13.3. The summed E-state index contributed by atoms with van der Waals surface area (Å²) in [5.41, 5.74) is -0.0691. The van der Waals surface area contributed by atoms with Crippen LogP contribution in [0.2, 0.25) is 0 Å². The first kappa shape index (κ1) is 32.5.